The van der Waals surface area contributed by atoms with Gasteiger partial charge in [0.25, 0.3) is 5.56 Å². The lowest BCUT2D eigenvalue weighted by Crippen LogP contribution is -2.25. The summed E-state index contributed by atoms with van der Waals surface area (Å²) in [4.78, 5) is 14.1. The van der Waals surface area contributed by atoms with Crippen molar-refractivity contribution in [1.82, 2.24) is 9.78 Å². The first-order valence-corrected chi connectivity index (χ1v) is 7.93. The van der Waals surface area contributed by atoms with Crippen molar-refractivity contribution in [2.24, 2.45) is 0 Å². The van der Waals surface area contributed by atoms with E-state index in [1.54, 1.807) is 23.5 Å². The summed E-state index contributed by atoms with van der Waals surface area (Å²) >= 11 is 1.58. The molecule has 3 rings (SSSR count). The van der Waals surface area contributed by atoms with Gasteiger partial charge in [0, 0.05) is 10.9 Å². The summed E-state index contributed by atoms with van der Waals surface area (Å²) in [6, 6.07) is 12.7. The second-order valence-corrected chi connectivity index (χ2v) is 6.51. The number of halogens is 1. The Labute approximate surface area is 136 Å². The average molecular weight is 330 g/mol. The molecule has 0 amide bonds. The number of aliphatic hydroxyl groups is 1. The first-order valence-electron chi connectivity index (χ1n) is 7.11. The van der Waals surface area contributed by atoms with Crippen molar-refractivity contribution in [3.05, 3.63) is 75.1 Å². The van der Waals surface area contributed by atoms with Crippen LogP contribution in [0, 0.1) is 12.7 Å². The highest BCUT2D eigenvalue weighted by Crippen LogP contribution is 2.25. The monoisotopic (exact) mass is 330 g/mol. The van der Waals surface area contributed by atoms with Crippen LogP contribution in [0.1, 0.15) is 16.5 Å². The minimum absolute atomic E-state index is 0.0273. The van der Waals surface area contributed by atoms with Crippen LogP contribution >= 0.6 is 11.3 Å². The Morgan fingerprint density at radius 3 is 2.78 bits per heavy atom. The number of aliphatic hydroxyl groups excluding tert-OH is 1. The van der Waals surface area contributed by atoms with Crippen LogP contribution in [-0.4, -0.2) is 14.9 Å². The van der Waals surface area contributed by atoms with Crippen molar-refractivity contribution in [3.8, 4) is 10.6 Å². The maximum Gasteiger partial charge on any atom is 0.266 e. The summed E-state index contributed by atoms with van der Waals surface area (Å²) in [6.45, 7) is 1.97. The number of rotatable bonds is 4. The van der Waals surface area contributed by atoms with Gasteiger partial charge in [-0.25, -0.2) is 9.07 Å². The molecule has 1 N–H and O–H groups in total. The van der Waals surface area contributed by atoms with E-state index in [2.05, 4.69) is 5.10 Å². The van der Waals surface area contributed by atoms with E-state index in [0.29, 0.717) is 11.3 Å². The Bertz CT molecular complexity index is 888. The summed E-state index contributed by atoms with van der Waals surface area (Å²) in [5, 5.41) is 14.5. The number of benzene rings is 1. The summed E-state index contributed by atoms with van der Waals surface area (Å²) < 4.78 is 14.4. The predicted molar refractivity (Wildman–Crippen MR) is 87.9 cm³/mol. The fourth-order valence-corrected chi connectivity index (χ4v) is 3.10. The van der Waals surface area contributed by atoms with Crippen LogP contribution in [0.15, 0.2) is 53.3 Å². The minimum Gasteiger partial charge on any atom is -0.386 e. The molecule has 1 aromatic carbocycles. The highest BCUT2D eigenvalue weighted by atomic mass is 32.1. The molecule has 0 radical (unpaired) electrons. The molecule has 0 aliphatic rings. The zero-order chi connectivity index (χ0) is 16.4. The lowest BCUT2D eigenvalue weighted by Gasteiger charge is -2.12. The van der Waals surface area contributed by atoms with Crippen LogP contribution in [0.3, 0.4) is 0 Å². The molecule has 0 aliphatic heterocycles. The van der Waals surface area contributed by atoms with E-state index in [4.69, 9.17) is 0 Å². The molecule has 3 aromatic rings. The molecule has 23 heavy (non-hydrogen) atoms. The normalized spacial score (nSPS) is 12.3. The summed E-state index contributed by atoms with van der Waals surface area (Å²) in [5.41, 5.74) is 0.780. The van der Waals surface area contributed by atoms with Gasteiger partial charge in [0.2, 0.25) is 0 Å². The standard InChI is InChI=1S/C17H15FN2O2S/c1-11-5-7-16(23-11)14-6-8-17(22)20(19-14)10-15(21)12-3-2-4-13(18)9-12/h2-9,15,21H,10H2,1H3/t15-/m1/s1. The van der Waals surface area contributed by atoms with Crippen LogP contribution < -0.4 is 5.56 Å². The van der Waals surface area contributed by atoms with E-state index < -0.39 is 11.9 Å². The van der Waals surface area contributed by atoms with E-state index in [9.17, 15) is 14.3 Å². The number of aryl methyl sites for hydroxylation is 1. The molecular weight excluding hydrogens is 315 g/mol. The quantitative estimate of drug-likeness (QED) is 0.799. The predicted octanol–water partition coefficient (Wildman–Crippen LogP) is 3.15. The fraction of sp³-hybridized carbons (Fsp3) is 0.176. The van der Waals surface area contributed by atoms with Crippen molar-refractivity contribution in [1.29, 1.82) is 0 Å². The molecule has 6 heteroatoms. The van der Waals surface area contributed by atoms with Crippen molar-refractivity contribution in [2.75, 3.05) is 0 Å². The number of aromatic nitrogens is 2. The van der Waals surface area contributed by atoms with Crippen molar-refractivity contribution in [3.63, 3.8) is 0 Å². The van der Waals surface area contributed by atoms with Crippen molar-refractivity contribution < 1.29 is 9.50 Å². The first kappa shape index (κ1) is 15.6. The Morgan fingerprint density at radius 1 is 1.26 bits per heavy atom. The lowest BCUT2D eigenvalue weighted by atomic mass is 10.1. The number of hydrogen-bond donors (Lipinski definition) is 1. The molecular formula is C17H15FN2O2S. The smallest absolute Gasteiger partial charge is 0.266 e. The van der Waals surface area contributed by atoms with Crippen LogP contribution in [-0.2, 0) is 6.54 Å². The van der Waals surface area contributed by atoms with E-state index in [-0.39, 0.29) is 12.1 Å². The van der Waals surface area contributed by atoms with E-state index >= 15 is 0 Å². The number of nitrogens with zero attached hydrogens (tertiary/aromatic N) is 2. The topological polar surface area (TPSA) is 55.1 Å². The Hall–Kier alpha value is -2.31. The van der Waals surface area contributed by atoms with Crippen LogP contribution in [0.2, 0.25) is 0 Å². The highest BCUT2D eigenvalue weighted by Gasteiger charge is 2.12. The molecule has 118 valence electrons. The second kappa shape index (κ2) is 6.44. The number of hydrogen-bond acceptors (Lipinski definition) is 4. The van der Waals surface area contributed by atoms with Gasteiger partial charge in [-0.3, -0.25) is 4.79 Å². The minimum atomic E-state index is -1.00. The number of thiophene rings is 1. The molecule has 1 atom stereocenters. The van der Waals surface area contributed by atoms with E-state index in [1.807, 2.05) is 19.1 Å². The van der Waals surface area contributed by atoms with Gasteiger partial charge in [-0.1, -0.05) is 12.1 Å². The lowest BCUT2D eigenvalue weighted by molar-refractivity contribution is 0.149. The van der Waals surface area contributed by atoms with Gasteiger partial charge >= 0.3 is 0 Å². The maximum absolute atomic E-state index is 13.2. The molecule has 0 spiro atoms. The molecule has 0 saturated carbocycles. The van der Waals surface area contributed by atoms with Gasteiger partial charge in [-0.05, 0) is 42.8 Å². The van der Waals surface area contributed by atoms with Crippen molar-refractivity contribution in [2.45, 2.75) is 19.6 Å². The first-order chi connectivity index (χ1) is 11.0. The van der Waals surface area contributed by atoms with Gasteiger partial charge in [0.1, 0.15) is 11.5 Å². The van der Waals surface area contributed by atoms with Gasteiger partial charge < -0.3 is 5.11 Å². The second-order valence-electron chi connectivity index (χ2n) is 5.22. The molecule has 2 heterocycles. The largest absolute Gasteiger partial charge is 0.386 e. The maximum atomic E-state index is 13.2. The van der Waals surface area contributed by atoms with Gasteiger partial charge in [-0.2, -0.15) is 5.10 Å². The van der Waals surface area contributed by atoms with Crippen LogP contribution in [0.4, 0.5) is 4.39 Å². The fourth-order valence-electron chi connectivity index (χ4n) is 2.27. The third kappa shape index (κ3) is 3.55. The molecule has 0 saturated heterocycles. The Kier molecular flexibility index (Phi) is 4.36. The van der Waals surface area contributed by atoms with Crippen molar-refractivity contribution >= 4 is 11.3 Å². The van der Waals surface area contributed by atoms with E-state index in [1.165, 1.54) is 28.9 Å². The molecule has 2 aromatic heterocycles. The SMILES string of the molecule is Cc1ccc(-c2ccc(=O)n(C[C@@H](O)c3cccc(F)c3)n2)s1. The molecule has 0 aliphatic carbocycles. The molecule has 4 nitrogen and oxygen atoms in total. The Morgan fingerprint density at radius 2 is 2.09 bits per heavy atom. The average Bonchev–Trinajstić information content (AvgIpc) is 2.96. The van der Waals surface area contributed by atoms with Gasteiger partial charge in [0.05, 0.1) is 17.5 Å². The van der Waals surface area contributed by atoms with E-state index in [0.717, 1.165) is 9.75 Å². The van der Waals surface area contributed by atoms with Gasteiger partial charge in [-0.15, -0.1) is 11.3 Å². The summed E-state index contributed by atoms with van der Waals surface area (Å²) in [6.07, 6.45) is -1.00. The summed E-state index contributed by atoms with van der Waals surface area (Å²) in [5.74, 6) is -0.426. The van der Waals surface area contributed by atoms with Crippen LogP contribution in [0.5, 0.6) is 0 Å². The molecule has 0 unspecified atom stereocenters. The summed E-state index contributed by atoms with van der Waals surface area (Å²) in [7, 11) is 0. The van der Waals surface area contributed by atoms with Crippen LogP contribution in [0.25, 0.3) is 10.6 Å². The third-order valence-electron chi connectivity index (χ3n) is 3.44. The molecule has 0 fully saturated rings. The van der Waals surface area contributed by atoms with Gasteiger partial charge in [0.15, 0.2) is 0 Å². The zero-order valence-corrected chi connectivity index (χ0v) is 13.3. The molecule has 0 bridgehead atoms. The third-order valence-corrected chi connectivity index (χ3v) is 4.46. The highest BCUT2D eigenvalue weighted by molar-refractivity contribution is 7.15. The zero-order valence-electron chi connectivity index (χ0n) is 12.4. The Balaban J connectivity index is 1.89.